The van der Waals surface area contributed by atoms with Crippen LogP contribution < -0.4 is 5.32 Å². The van der Waals surface area contributed by atoms with Gasteiger partial charge in [-0.05, 0) is 13.8 Å². The molecule has 0 bridgehead atoms. The molecule has 1 saturated heterocycles. The predicted octanol–water partition coefficient (Wildman–Crippen LogP) is -0.823. The molecule has 0 unspecified atom stereocenters. The Morgan fingerprint density at radius 2 is 2.11 bits per heavy atom. The summed E-state index contributed by atoms with van der Waals surface area (Å²) in [6, 6.07) is -1.17. The molecule has 1 heterocycles. The van der Waals surface area contributed by atoms with Crippen LogP contribution in [0.5, 0.6) is 0 Å². The summed E-state index contributed by atoms with van der Waals surface area (Å²) in [5.41, 5.74) is 0. The molecule has 7 heteroatoms. The Labute approximate surface area is 105 Å². The van der Waals surface area contributed by atoms with Crippen molar-refractivity contribution in [1.82, 2.24) is 5.32 Å². The van der Waals surface area contributed by atoms with Crippen LogP contribution in [-0.4, -0.2) is 54.7 Å². The Morgan fingerprint density at radius 3 is 2.50 bits per heavy atom. The third-order valence-electron chi connectivity index (χ3n) is 2.57. The first-order valence-electron chi connectivity index (χ1n) is 5.61. The van der Waals surface area contributed by atoms with Gasteiger partial charge in [0, 0.05) is 6.92 Å². The quantitative estimate of drug-likeness (QED) is 0.642. The first kappa shape index (κ1) is 14.9. The number of rotatable bonds is 4. The smallest absolute Gasteiger partial charge is 0.331 e. The number of esters is 1. The van der Waals surface area contributed by atoms with Crippen molar-refractivity contribution in [3.8, 4) is 0 Å². The van der Waals surface area contributed by atoms with Gasteiger partial charge in [-0.1, -0.05) is 0 Å². The lowest BCUT2D eigenvalue weighted by molar-refractivity contribution is -0.163. The van der Waals surface area contributed by atoms with Crippen LogP contribution >= 0.6 is 0 Å². The van der Waals surface area contributed by atoms with Crippen molar-refractivity contribution in [1.29, 1.82) is 0 Å². The molecule has 7 nitrogen and oxygen atoms in total. The maximum absolute atomic E-state index is 11.5. The number of ether oxygens (including phenoxy) is 3. The summed E-state index contributed by atoms with van der Waals surface area (Å²) in [6.07, 6.45) is -1.93. The summed E-state index contributed by atoms with van der Waals surface area (Å²) in [7, 11) is 1.18. The average Bonchev–Trinajstić information content (AvgIpc) is 2.64. The van der Waals surface area contributed by atoms with Gasteiger partial charge in [0.25, 0.3) is 0 Å². The molecule has 0 radical (unpaired) electrons. The number of carbonyl (C=O) groups excluding carboxylic acids is 2. The molecule has 18 heavy (non-hydrogen) atoms. The number of nitrogens with one attached hydrogen (secondary N) is 1. The summed E-state index contributed by atoms with van der Waals surface area (Å²) < 4.78 is 15.3. The van der Waals surface area contributed by atoms with E-state index in [2.05, 4.69) is 10.1 Å². The molecule has 0 aromatic carbocycles. The van der Waals surface area contributed by atoms with E-state index in [-0.39, 0.29) is 6.61 Å². The highest BCUT2D eigenvalue weighted by Gasteiger charge is 2.42. The number of aliphatic hydroxyl groups is 1. The predicted molar refractivity (Wildman–Crippen MR) is 60.5 cm³/mol. The second kappa shape index (κ2) is 5.64. The summed E-state index contributed by atoms with van der Waals surface area (Å²) in [6.45, 7) is 4.79. The molecule has 1 amide bonds. The van der Waals surface area contributed by atoms with Crippen molar-refractivity contribution in [2.24, 2.45) is 0 Å². The first-order valence-corrected chi connectivity index (χ1v) is 5.61. The molecular weight excluding hydrogens is 242 g/mol. The first-order chi connectivity index (χ1) is 8.26. The van der Waals surface area contributed by atoms with E-state index >= 15 is 0 Å². The molecule has 104 valence electrons. The highest BCUT2D eigenvalue weighted by Crippen LogP contribution is 2.25. The zero-order valence-corrected chi connectivity index (χ0v) is 10.9. The standard InChI is InChI=1S/C11H19NO6/c1-6(13)12-8(10(15)16-4)9(14)7-5-17-11(2,3)18-7/h7-9,14H,5H2,1-4H3,(H,12,13)/t7-,8-,9+/m0/s1. The molecule has 1 aliphatic rings. The summed E-state index contributed by atoms with van der Waals surface area (Å²) >= 11 is 0. The second-order valence-electron chi connectivity index (χ2n) is 4.56. The molecule has 1 aliphatic heterocycles. The number of methoxy groups -OCH3 is 1. The molecule has 0 aliphatic carbocycles. The highest BCUT2D eigenvalue weighted by molar-refractivity contribution is 5.83. The molecule has 0 spiro atoms. The maximum atomic E-state index is 11.5. The van der Waals surface area contributed by atoms with E-state index in [0.29, 0.717) is 0 Å². The van der Waals surface area contributed by atoms with Crippen LogP contribution in [0.25, 0.3) is 0 Å². The molecule has 1 rings (SSSR count). The molecular formula is C11H19NO6. The van der Waals surface area contributed by atoms with Gasteiger partial charge >= 0.3 is 5.97 Å². The fourth-order valence-corrected chi connectivity index (χ4v) is 1.73. The van der Waals surface area contributed by atoms with Crippen molar-refractivity contribution in [2.75, 3.05) is 13.7 Å². The topological polar surface area (TPSA) is 94.1 Å². The summed E-state index contributed by atoms with van der Waals surface area (Å²) in [5, 5.41) is 12.4. The SMILES string of the molecule is COC(=O)[C@@H](NC(C)=O)[C@H](O)[C@@H]1COC(C)(C)O1. The van der Waals surface area contributed by atoms with Gasteiger partial charge in [-0.3, -0.25) is 4.79 Å². The van der Waals surface area contributed by atoms with E-state index in [4.69, 9.17) is 9.47 Å². The van der Waals surface area contributed by atoms with Crippen LogP contribution in [0.1, 0.15) is 20.8 Å². The van der Waals surface area contributed by atoms with Crippen molar-refractivity contribution in [3.63, 3.8) is 0 Å². The number of hydrogen-bond acceptors (Lipinski definition) is 6. The Bertz CT molecular complexity index is 329. The van der Waals surface area contributed by atoms with Gasteiger partial charge in [0.05, 0.1) is 13.7 Å². The van der Waals surface area contributed by atoms with E-state index in [1.54, 1.807) is 13.8 Å². The Balaban J connectivity index is 2.73. The van der Waals surface area contributed by atoms with E-state index < -0.39 is 35.9 Å². The molecule has 2 N–H and O–H groups in total. The van der Waals surface area contributed by atoms with E-state index in [1.807, 2.05) is 0 Å². The van der Waals surface area contributed by atoms with Gasteiger partial charge in [-0.15, -0.1) is 0 Å². The van der Waals surface area contributed by atoms with Crippen LogP contribution in [0.15, 0.2) is 0 Å². The largest absolute Gasteiger partial charge is 0.467 e. The minimum absolute atomic E-state index is 0.140. The minimum atomic E-state index is -1.23. The van der Waals surface area contributed by atoms with Crippen molar-refractivity contribution >= 4 is 11.9 Å². The van der Waals surface area contributed by atoms with E-state index in [1.165, 1.54) is 14.0 Å². The monoisotopic (exact) mass is 261 g/mol. The van der Waals surface area contributed by atoms with Crippen molar-refractivity contribution in [2.45, 2.75) is 44.8 Å². The lowest BCUT2D eigenvalue weighted by Gasteiger charge is -2.26. The molecule has 3 atom stereocenters. The van der Waals surface area contributed by atoms with Gasteiger partial charge in [0.1, 0.15) is 12.2 Å². The van der Waals surface area contributed by atoms with Gasteiger partial charge in [0.15, 0.2) is 11.8 Å². The van der Waals surface area contributed by atoms with Gasteiger partial charge in [-0.25, -0.2) is 4.79 Å². The number of aliphatic hydroxyl groups excluding tert-OH is 1. The van der Waals surface area contributed by atoms with E-state index in [9.17, 15) is 14.7 Å². The number of amides is 1. The van der Waals surface area contributed by atoms with Crippen LogP contribution in [0.3, 0.4) is 0 Å². The third-order valence-corrected chi connectivity index (χ3v) is 2.57. The fraction of sp³-hybridized carbons (Fsp3) is 0.818. The summed E-state index contributed by atoms with van der Waals surface area (Å²) in [5.74, 6) is -1.99. The van der Waals surface area contributed by atoms with Crippen LogP contribution in [0.2, 0.25) is 0 Å². The molecule has 1 fully saturated rings. The van der Waals surface area contributed by atoms with Gasteiger partial charge in [0.2, 0.25) is 5.91 Å². The molecule has 0 aromatic rings. The Hall–Kier alpha value is -1.18. The lowest BCUT2D eigenvalue weighted by Crippen LogP contribution is -2.53. The van der Waals surface area contributed by atoms with E-state index in [0.717, 1.165) is 0 Å². The summed E-state index contributed by atoms with van der Waals surface area (Å²) in [4.78, 5) is 22.5. The second-order valence-corrected chi connectivity index (χ2v) is 4.56. The average molecular weight is 261 g/mol. The molecule has 0 aromatic heterocycles. The normalized spacial score (nSPS) is 25.3. The third kappa shape index (κ3) is 3.66. The lowest BCUT2D eigenvalue weighted by atomic mass is 10.1. The number of carbonyl (C=O) groups is 2. The van der Waals surface area contributed by atoms with Crippen molar-refractivity contribution < 1.29 is 28.9 Å². The Kier molecular flexibility index (Phi) is 4.66. The Morgan fingerprint density at radius 1 is 1.50 bits per heavy atom. The minimum Gasteiger partial charge on any atom is -0.467 e. The highest BCUT2D eigenvalue weighted by atomic mass is 16.7. The van der Waals surface area contributed by atoms with Gasteiger partial charge < -0.3 is 24.6 Å². The van der Waals surface area contributed by atoms with Gasteiger partial charge in [-0.2, -0.15) is 0 Å². The van der Waals surface area contributed by atoms with Crippen LogP contribution in [0.4, 0.5) is 0 Å². The number of hydrogen-bond donors (Lipinski definition) is 2. The zero-order valence-electron chi connectivity index (χ0n) is 10.9. The maximum Gasteiger partial charge on any atom is 0.331 e. The van der Waals surface area contributed by atoms with Crippen LogP contribution in [-0.2, 0) is 23.8 Å². The van der Waals surface area contributed by atoms with Crippen molar-refractivity contribution in [3.05, 3.63) is 0 Å². The zero-order chi connectivity index (χ0) is 13.9. The van der Waals surface area contributed by atoms with Crippen LogP contribution in [0, 0.1) is 0 Å². The molecule has 0 saturated carbocycles. The fourth-order valence-electron chi connectivity index (χ4n) is 1.73.